The molecule has 0 bridgehead atoms. The molecule has 0 radical (unpaired) electrons. The number of carbonyl (C=O) groups excluding carboxylic acids is 1. The average Bonchev–Trinajstić information content (AvgIpc) is 2.26. The van der Waals surface area contributed by atoms with Crippen LogP contribution in [0.25, 0.3) is 0 Å². The van der Waals surface area contributed by atoms with Gasteiger partial charge in [0.1, 0.15) is 11.6 Å². The first-order valence-electron chi connectivity index (χ1n) is 6.58. The third-order valence-corrected chi connectivity index (χ3v) is 2.90. The van der Waals surface area contributed by atoms with Gasteiger partial charge >= 0.3 is 12.1 Å². The van der Waals surface area contributed by atoms with Crippen LogP contribution in [0.5, 0.6) is 0 Å². The van der Waals surface area contributed by atoms with Crippen molar-refractivity contribution >= 4 is 12.1 Å². The Morgan fingerprint density at radius 1 is 1.37 bits per heavy atom. The zero-order valence-electron chi connectivity index (χ0n) is 11.8. The number of hydrogen-bond acceptors (Lipinski definition) is 4. The first-order valence-corrected chi connectivity index (χ1v) is 6.58. The van der Waals surface area contributed by atoms with E-state index in [1.165, 1.54) is 0 Å². The molecule has 0 aromatic heterocycles. The van der Waals surface area contributed by atoms with Gasteiger partial charge in [0.15, 0.2) is 0 Å². The Morgan fingerprint density at radius 3 is 2.42 bits per heavy atom. The molecule has 0 aromatic carbocycles. The predicted octanol–water partition coefficient (Wildman–Crippen LogP) is 1.78. The van der Waals surface area contributed by atoms with E-state index in [2.05, 4.69) is 5.32 Å². The molecule has 1 aliphatic heterocycles. The van der Waals surface area contributed by atoms with E-state index in [0.717, 1.165) is 12.8 Å². The standard InChI is InChI=1S/C13H23NO5/c1-13(2,3)19-12(17)14-10(11(15)16)8-9-4-6-18-7-5-9/h9-10H,4-8H2,1-3H3,(H,14,17)(H,15,16)/t10-/m1/s1. The van der Waals surface area contributed by atoms with E-state index < -0.39 is 23.7 Å². The van der Waals surface area contributed by atoms with Gasteiger partial charge in [-0.1, -0.05) is 0 Å². The molecule has 2 N–H and O–H groups in total. The van der Waals surface area contributed by atoms with Crippen molar-refractivity contribution in [2.75, 3.05) is 13.2 Å². The lowest BCUT2D eigenvalue weighted by Gasteiger charge is -2.26. The Kier molecular flexibility index (Phi) is 5.60. The fourth-order valence-electron chi connectivity index (χ4n) is 1.99. The summed E-state index contributed by atoms with van der Waals surface area (Å²) in [6.07, 6.45) is 1.39. The van der Waals surface area contributed by atoms with Gasteiger partial charge in [0.05, 0.1) is 0 Å². The smallest absolute Gasteiger partial charge is 0.408 e. The highest BCUT2D eigenvalue weighted by molar-refractivity contribution is 5.80. The van der Waals surface area contributed by atoms with Crippen molar-refractivity contribution in [1.29, 1.82) is 0 Å². The molecule has 0 aromatic rings. The lowest BCUT2D eigenvalue weighted by atomic mass is 9.92. The first-order chi connectivity index (χ1) is 8.78. The minimum Gasteiger partial charge on any atom is -0.480 e. The van der Waals surface area contributed by atoms with Gasteiger partial charge in [-0.3, -0.25) is 0 Å². The summed E-state index contributed by atoms with van der Waals surface area (Å²) in [5, 5.41) is 11.6. The van der Waals surface area contributed by atoms with E-state index in [1.54, 1.807) is 20.8 Å². The van der Waals surface area contributed by atoms with E-state index in [0.29, 0.717) is 19.6 Å². The van der Waals surface area contributed by atoms with Crippen molar-refractivity contribution in [3.63, 3.8) is 0 Å². The Hall–Kier alpha value is -1.30. The molecule has 1 heterocycles. The largest absolute Gasteiger partial charge is 0.480 e. The fraction of sp³-hybridized carbons (Fsp3) is 0.846. The van der Waals surface area contributed by atoms with E-state index in [4.69, 9.17) is 14.6 Å². The van der Waals surface area contributed by atoms with Crippen molar-refractivity contribution in [2.24, 2.45) is 5.92 Å². The Labute approximate surface area is 113 Å². The molecule has 0 unspecified atom stereocenters. The van der Waals surface area contributed by atoms with Gasteiger partial charge in [-0.05, 0) is 46.0 Å². The highest BCUT2D eigenvalue weighted by atomic mass is 16.6. The van der Waals surface area contributed by atoms with Crippen LogP contribution >= 0.6 is 0 Å². The summed E-state index contributed by atoms with van der Waals surface area (Å²) < 4.78 is 10.3. The number of carboxylic acid groups (broad SMARTS) is 1. The van der Waals surface area contributed by atoms with Crippen molar-refractivity contribution < 1.29 is 24.2 Å². The number of aliphatic carboxylic acids is 1. The highest BCUT2D eigenvalue weighted by Gasteiger charge is 2.27. The molecular weight excluding hydrogens is 250 g/mol. The molecule has 1 saturated heterocycles. The molecule has 0 spiro atoms. The second-order valence-electron chi connectivity index (χ2n) is 5.83. The maximum absolute atomic E-state index is 11.6. The number of alkyl carbamates (subject to hydrolysis) is 1. The minimum absolute atomic E-state index is 0.268. The molecule has 1 rings (SSSR count). The fourth-order valence-corrected chi connectivity index (χ4v) is 1.99. The number of ether oxygens (including phenoxy) is 2. The van der Waals surface area contributed by atoms with Crippen LogP contribution in [0.2, 0.25) is 0 Å². The molecule has 6 heteroatoms. The molecule has 1 aliphatic rings. The van der Waals surface area contributed by atoms with Crippen molar-refractivity contribution in [3.05, 3.63) is 0 Å². The lowest BCUT2D eigenvalue weighted by Crippen LogP contribution is -2.44. The quantitative estimate of drug-likeness (QED) is 0.815. The predicted molar refractivity (Wildman–Crippen MR) is 69.0 cm³/mol. The Morgan fingerprint density at radius 2 is 1.95 bits per heavy atom. The van der Waals surface area contributed by atoms with E-state index in [-0.39, 0.29) is 5.92 Å². The summed E-state index contributed by atoms with van der Waals surface area (Å²) >= 11 is 0. The Balaban J connectivity index is 2.48. The SMILES string of the molecule is CC(C)(C)OC(=O)N[C@H](CC1CCOCC1)C(=O)O. The van der Waals surface area contributed by atoms with Crippen LogP contribution in [-0.4, -0.2) is 42.0 Å². The number of carbonyl (C=O) groups is 2. The van der Waals surface area contributed by atoms with Gasteiger partial charge in [-0.15, -0.1) is 0 Å². The highest BCUT2D eigenvalue weighted by Crippen LogP contribution is 2.20. The van der Waals surface area contributed by atoms with Crippen LogP contribution in [0.1, 0.15) is 40.0 Å². The average molecular weight is 273 g/mol. The summed E-state index contributed by atoms with van der Waals surface area (Å²) in [5.74, 6) is -0.762. The maximum atomic E-state index is 11.6. The lowest BCUT2D eigenvalue weighted by molar-refractivity contribution is -0.140. The van der Waals surface area contributed by atoms with Gasteiger partial charge in [0.25, 0.3) is 0 Å². The number of amides is 1. The van der Waals surface area contributed by atoms with Crippen LogP contribution in [0.15, 0.2) is 0 Å². The molecular formula is C13H23NO5. The van der Waals surface area contributed by atoms with Crippen LogP contribution in [-0.2, 0) is 14.3 Å². The van der Waals surface area contributed by atoms with Crippen LogP contribution in [0.4, 0.5) is 4.79 Å². The van der Waals surface area contributed by atoms with Crippen LogP contribution < -0.4 is 5.32 Å². The van der Waals surface area contributed by atoms with E-state index >= 15 is 0 Å². The molecule has 1 fully saturated rings. The molecule has 1 atom stereocenters. The third-order valence-electron chi connectivity index (χ3n) is 2.90. The van der Waals surface area contributed by atoms with Crippen LogP contribution in [0, 0.1) is 5.92 Å². The van der Waals surface area contributed by atoms with Gasteiger partial charge < -0.3 is 19.9 Å². The second kappa shape index (κ2) is 6.75. The summed E-state index contributed by atoms with van der Waals surface area (Å²) in [6, 6.07) is -0.905. The van der Waals surface area contributed by atoms with Crippen LogP contribution in [0.3, 0.4) is 0 Å². The summed E-state index contributed by atoms with van der Waals surface area (Å²) in [5.41, 5.74) is -0.633. The number of rotatable bonds is 4. The first kappa shape index (κ1) is 15.8. The second-order valence-corrected chi connectivity index (χ2v) is 5.83. The molecule has 110 valence electrons. The molecule has 0 saturated carbocycles. The molecule has 1 amide bonds. The number of nitrogens with one attached hydrogen (secondary N) is 1. The van der Waals surface area contributed by atoms with E-state index in [1.807, 2.05) is 0 Å². The topological polar surface area (TPSA) is 84.9 Å². The van der Waals surface area contributed by atoms with E-state index in [9.17, 15) is 9.59 Å². The minimum atomic E-state index is -1.03. The van der Waals surface area contributed by atoms with Gasteiger partial charge in [-0.2, -0.15) is 0 Å². The zero-order valence-corrected chi connectivity index (χ0v) is 11.8. The van der Waals surface area contributed by atoms with Crippen molar-refractivity contribution in [2.45, 2.75) is 51.7 Å². The number of hydrogen-bond donors (Lipinski definition) is 2. The van der Waals surface area contributed by atoms with Crippen molar-refractivity contribution in [1.82, 2.24) is 5.32 Å². The van der Waals surface area contributed by atoms with Gasteiger partial charge in [0.2, 0.25) is 0 Å². The molecule has 6 nitrogen and oxygen atoms in total. The van der Waals surface area contributed by atoms with Gasteiger partial charge in [0, 0.05) is 13.2 Å². The van der Waals surface area contributed by atoms with Crippen molar-refractivity contribution in [3.8, 4) is 0 Å². The maximum Gasteiger partial charge on any atom is 0.408 e. The van der Waals surface area contributed by atoms with Gasteiger partial charge in [-0.25, -0.2) is 9.59 Å². The summed E-state index contributed by atoms with van der Waals surface area (Å²) in [4.78, 5) is 22.8. The zero-order chi connectivity index (χ0) is 14.5. The third kappa shape index (κ3) is 6.42. The molecule has 0 aliphatic carbocycles. The monoisotopic (exact) mass is 273 g/mol. The normalized spacial score (nSPS) is 18.7. The number of carboxylic acids is 1. The summed E-state index contributed by atoms with van der Waals surface area (Å²) in [7, 11) is 0. The summed E-state index contributed by atoms with van der Waals surface area (Å²) in [6.45, 7) is 6.52. The molecule has 19 heavy (non-hydrogen) atoms. The Bertz CT molecular complexity index is 317.